The van der Waals surface area contributed by atoms with Crippen molar-refractivity contribution in [2.75, 3.05) is 19.1 Å². The Bertz CT molecular complexity index is 1220. The summed E-state index contributed by atoms with van der Waals surface area (Å²) in [6.45, 7) is 6.83. The molecule has 0 aromatic heterocycles. The number of methoxy groups -OCH3 is 1. The standard InChI is InChI=1S/C27H29N3O3S/c1-18-16-27(2,3)29(4)25-15-26(33-5)19(14-24(18)25)17-28-20-6-10-22(11-7-20)34-23-12-8-21(9-13-23)30(31)32/h6-15,17-18H,16H2,1-5H3. The number of aliphatic imine (C=N–C) groups is 1. The first kappa shape index (κ1) is 23.8. The number of nitro benzene ring substituents is 1. The van der Waals surface area contributed by atoms with Crippen LogP contribution < -0.4 is 9.64 Å². The van der Waals surface area contributed by atoms with Crippen molar-refractivity contribution in [3.8, 4) is 5.75 Å². The topological polar surface area (TPSA) is 68.0 Å². The van der Waals surface area contributed by atoms with Crippen molar-refractivity contribution < 1.29 is 9.66 Å². The largest absolute Gasteiger partial charge is 0.496 e. The van der Waals surface area contributed by atoms with Gasteiger partial charge in [0.05, 0.1) is 17.7 Å². The minimum Gasteiger partial charge on any atom is -0.496 e. The summed E-state index contributed by atoms with van der Waals surface area (Å²) in [7, 11) is 3.84. The number of rotatable bonds is 6. The van der Waals surface area contributed by atoms with Gasteiger partial charge in [-0.3, -0.25) is 15.1 Å². The molecule has 6 nitrogen and oxygen atoms in total. The minimum absolute atomic E-state index is 0.0939. The molecule has 0 radical (unpaired) electrons. The van der Waals surface area contributed by atoms with Crippen molar-refractivity contribution >= 4 is 35.0 Å². The molecule has 0 amide bonds. The van der Waals surface area contributed by atoms with Crippen molar-refractivity contribution in [1.29, 1.82) is 0 Å². The van der Waals surface area contributed by atoms with Crippen LogP contribution in [0.25, 0.3) is 0 Å². The molecule has 0 saturated carbocycles. The number of hydrogen-bond donors (Lipinski definition) is 0. The highest BCUT2D eigenvalue weighted by Gasteiger charge is 2.34. The third kappa shape index (κ3) is 4.94. The number of ether oxygens (including phenoxy) is 1. The fourth-order valence-corrected chi connectivity index (χ4v) is 5.22. The van der Waals surface area contributed by atoms with Crippen LogP contribution in [0.2, 0.25) is 0 Å². The van der Waals surface area contributed by atoms with E-state index in [2.05, 4.69) is 49.8 Å². The first-order valence-corrected chi connectivity index (χ1v) is 12.0. The second-order valence-electron chi connectivity index (χ2n) is 9.23. The average Bonchev–Trinajstić information content (AvgIpc) is 2.82. The van der Waals surface area contributed by atoms with E-state index in [4.69, 9.17) is 4.74 Å². The van der Waals surface area contributed by atoms with E-state index < -0.39 is 4.92 Å². The van der Waals surface area contributed by atoms with Gasteiger partial charge in [-0.1, -0.05) is 18.7 Å². The molecule has 1 atom stereocenters. The molecule has 3 aromatic carbocycles. The van der Waals surface area contributed by atoms with E-state index in [0.717, 1.165) is 33.2 Å². The Morgan fingerprint density at radius 1 is 1.12 bits per heavy atom. The minimum atomic E-state index is -0.390. The zero-order valence-corrected chi connectivity index (χ0v) is 20.9. The van der Waals surface area contributed by atoms with E-state index in [-0.39, 0.29) is 11.2 Å². The predicted molar refractivity (Wildman–Crippen MR) is 139 cm³/mol. The lowest BCUT2D eigenvalue weighted by Crippen LogP contribution is -2.45. The van der Waals surface area contributed by atoms with Crippen molar-refractivity contribution in [3.05, 3.63) is 81.9 Å². The quantitative estimate of drug-likeness (QED) is 0.214. The third-order valence-corrected chi connectivity index (χ3v) is 7.47. The van der Waals surface area contributed by atoms with Crippen molar-refractivity contribution in [3.63, 3.8) is 0 Å². The van der Waals surface area contributed by atoms with Gasteiger partial charge in [0, 0.05) is 58.0 Å². The van der Waals surface area contributed by atoms with Crippen LogP contribution in [0.15, 0.2) is 75.4 Å². The molecule has 0 saturated heterocycles. The van der Waals surface area contributed by atoms with Crippen LogP contribution in [0.5, 0.6) is 5.75 Å². The maximum absolute atomic E-state index is 10.8. The van der Waals surface area contributed by atoms with E-state index in [1.807, 2.05) is 30.5 Å². The van der Waals surface area contributed by atoms with E-state index in [9.17, 15) is 10.1 Å². The monoisotopic (exact) mass is 475 g/mol. The summed E-state index contributed by atoms with van der Waals surface area (Å²) in [4.78, 5) is 19.4. The van der Waals surface area contributed by atoms with E-state index in [1.54, 1.807) is 31.0 Å². The molecule has 0 N–H and O–H groups in total. The predicted octanol–water partition coefficient (Wildman–Crippen LogP) is 7.23. The molecule has 0 bridgehead atoms. The van der Waals surface area contributed by atoms with Gasteiger partial charge in [0.25, 0.3) is 5.69 Å². The fraction of sp³-hybridized carbons (Fsp3) is 0.296. The number of fused-ring (bicyclic) bond motifs is 1. The molecule has 1 heterocycles. The molecule has 0 aliphatic carbocycles. The molecule has 34 heavy (non-hydrogen) atoms. The Morgan fingerprint density at radius 2 is 1.74 bits per heavy atom. The van der Waals surface area contributed by atoms with Crippen LogP contribution in [-0.2, 0) is 0 Å². The van der Waals surface area contributed by atoms with Gasteiger partial charge in [-0.15, -0.1) is 0 Å². The van der Waals surface area contributed by atoms with Crippen LogP contribution >= 0.6 is 11.8 Å². The molecular weight excluding hydrogens is 446 g/mol. The van der Waals surface area contributed by atoms with Crippen LogP contribution in [0, 0.1) is 10.1 Å². The smallest absolute Gasteiger partial charge is 0.269 e. The van der Waals surface area contributed by atoms with E-state index >= 15 is 0 Å². The Morgan fingerprint density at radius 3 is 2.32 bits per heavy atom. The van der Waals surface area contributed by atoms with Gasteiger partial charge in [-0.05, 0) is 74.2 Å². The number of benzene rings is 3. The Hall–Kier alpha value is -3.32. The van der Waals surface area contributed by atoms with Gasteiger partial charge in [-0.2, -0.15) is 0 Å². The van der Waals surface area contributed by atoms with E-state index in [0.29, 0.717) is 5.92 Å². The van der Waals surface area contributed by atoms with Crippen LogP contribution in [-0.4, -0.2) is 30.8 Å². The maximum Gasteiger partial charge on any atom is 0.269 e. The highest BCUT2D eigenvalue weighted by molar-refractivity contribution is 7.99. The lowest BCUT2D eigenvalue weighted by molar-refractivity contribution is -0.384. The highest BCUT2D eigenvalue weighted by Crippen LogP contribution is 2.44. The molecule has 0 fully saturated rings. The van der Waals surface area contributed by atoms with Gasteiger partial charge >= 0.3 is 0 Å². The Balaban J connectivity index is 1.52. The molecule has 176 valence electrons. The van der Waals surface area contributed by atoms with Crippen molar-refractivity contribution in [2.45, 2.75) is 48.4 Å². The van der Waals surface area contributed by atoms with Crippen LogP contribution in [0.1, 0.15) is 44.2 Å². The second-order valence-corrected chi connectivity index (χ2v) is 10.4. The highest BCUT2D eigenvalue weighted by atomic mass is 32.2. The van der Waals surface area contributed by atoms with Gasteiger partial charge in [0.15, 0.2) is 0 Å². The van der Waals surface area contributed by atoms with Crippen LogP contribution in [0.4, 0.5) is 17.1 Å². The number of non-ortho nitro benzene ring substituents is 1. The molecule has 0 spiro atoms. The van der Waals surface area contributed by atoms with Gasteiger partial charge in [-0.25, -0.2) is 0 Å². The summed E-state index contributed by atoms with van der Waals surface area (Å²) in [5.74, 6) is 1.26. The van der Waals surface area contributed by atoms with Gasteiger partial charge in [0.2, 0.25) is 0 Å². The zero-order chi connectivity index (χ0) is 24.5. The normalized spacial score (nSPS) is 17.0. The summed E-state index contributed by atoms with van der Waals surface area (Å²) in [6.07, 6.45) is 2.96. The molecule has 1 unspecified atom stereocenters. The average molecular weight is 476 g/mol. The van der Waals surface area contributed by atoms with Gasteiger partial charge < -0.3 is 9.64 Å². The fourth-order valence-electron chi connectivity index (χ4n) is 4.40. The molecule has 3 aromatic rings. The Labute approximate surface area is 204 Å². The zero-order valence-electron chi connectivity index (χ0n) is 20.1. The number of anilines is 1. The molecule has 7 heteroatoms. The number of nitro groups is 1. The molecule has 1 aliphatic rings. The first-order chi connectivity index (χ1) is 16.2. The summed E-state index contributed by atoms with van der Waals surface area (Å²) in [5, 5.41) is 10.8. The number of nitrogens with zero attached hydrogens (tertiary/aromatic N) is 3. The molecule has 1 aliphatic heterocycles. The summed E-state index contributed by atoms with van der Waals surface area (Å²) in [6, 6.07) is 18.8. The second kappa shape index (κ2) is 9.50. The van der Waals surface area contributed by atoms with Crippen molar-refractivity contribution in [2.24, 2.45) is 4.99 Å². The summed E-state index contributed by atoms with van der Waals surface area (Å²) < 4.78 is 5.70. The lowest BCUT2D eigenvalue weighted by Gasteiger charge is -2.45. The molecular formula is C27H29N3O3S. The first-order valence-electron chi connectivity index (χ1n) is 11.2. The van der Waals surface area contributed by atoms with E-state index in [1.165, 1.54) is 23.4 Å². The van der Waals surface area contributed by atoms with Crippen LogP contribution in [0.3, 0.4) is 0 Å². The SMILES string of the molecule is COc1cc2c(cc1C=Nc1ccc(Sc3ccc([N+](=O)[O-])cc3)cc1)C(C)CC(C)(C)N2C. The van der Waals surface area contributed by atoms with Crippen molar-refractivity contribution in [1.82, 2.24) is 0 Å². The summed E-state index contributed by atoms with van der Waals surface area (Å²) in [5.41, 5.74) is 4.53. The number of hydrogen-bond acceptors (Lipinski definition) is 6. The van der Waals surface area contributed by atoms with Gasteiger partial charge in [0.1, 0.15) is 5.75 Å². The lowest BCUT2D eigenvalue weighted by atomic mass is 9.80. The Kier molecular flexibility index (Phi) is 6.66. The summed E-state index contributed by atoms with van der Waals surface area (Å²) >= 11 is 1.55. The third-order valence-electron chi connectivity index (χ3n) is 6.46. The molecule has 4 rings (SSSR count). The maximum atomic E-state index is 10.8.